The molecular weight excluding hydrogens is 281 g/mol. The van der Waals surface area contributed by atoms with Crippen LogP contribution in [0, 0.1) is 23.4 Å². The first-order valence-corrected chi connectivity index (χ1v) is 7.17. The van der Waals surface area contributed by atoms with E-state index in [2.05, 4.69) is 5.32 Å². The van der Waals surface area contributed by atoms with Gasteiger partial charge in [0.15, 0.2) is 17.5 Å². The van der Waals surface area contributed by atoms with Gasteiger partial charge in [0.1, 0.15) is 0 Å². The summed E-state index contributed by atoms with van der Waals surface area (Å²) in [6, 6.07) is 1.51. The van der Waals surface area contributed by atoms with Crippen LogP contribution in [0.4, 0.5) is 13.2 Å². The molecule has 0 radical (unpaired) electrons. The number of hydrogen-bond acceptors (Lipinski definition) is 2. The van der Waals surface area contributed by atoms with Gasteiger partial charge >= 0.3 is 0 Å². The fourth-order valence-corrected chi connectivity index (χ4v) is 2.59. The molecule has 0 spiro atoms. The molecule has 21 heavy (non-hydrogen) atoms. The molecule has 116 valence electrons. The second kappa shape index (κ2) is 6.93. The molecule has 1 saturated heterocycles. The highest BCUT2D eigenvalue weighted by Crippen LogP contribution is 2.18. The number of carbonyl (C=O) groups is 1. The van der Waals surface area contributed by atoms with Crippen LogP contribution in [0.1, 0.15) is 30.1 Å². The number of nitrogens with one attached hydrogen (secondary N) is 1. The van der Waals surface area contributed by atoms with Crippen LogP contribution in [-0.2, 0) is 0 Å². The predicted octanol–water partition coefficient (Wildman–Crippen LogP) is 2.57. The van der Waals surface area contributed by atoms with Crippen molar-refractivity contribution in [2.75, 3.05) is 26.2 Å². The number of rotatable bonds is 4. The Morgan fingerprint density at radius 3 is 2.33 bits per heavy atom. The standard InChI is InChI=1S/C15H19F3N2O/c1-2-20(9-10-3-5-19-6-4-10)15(21)11-7-12(16)14(18)13(17)8-11/h7-8,10,19H,2-6,9H2,1H3. The van der Waals surface area contributed by atoms with Crippen molar-refractivity contribution in [2.24, 2.45) is 5.92 Å². The maximum atomic E-state index is 13.2. The Morgan fingerprint density at radius 1 is 1.24 bits per heavy atom. The first-order valence-electron chi connectivity index (χ1n) is 7.17. The third kappa shape index (κ3) is 3.75. The van der Waals surface area contributed by atoms with Crippen LogP contribution < -0.4 is 5.32 Å². The number of piperidine rings is 1. The second-order valence-corrected chi connectivity index (χ2v) is 5.29. The molecule has 1 aliphatic rings. The lowest BCUT2D eigenvalue weighted by molar-refractivity contribution is 0.0725. The Labute approximate surface area is 122 Å². The van der Waals surface area contributed by atoms with Crippen molar-refractivity contribution in [1.29, 1.82) is 0 Å². The van der Waals surface area contributed by atoms with Crippen molar-refractivity contribution >= 4 is 5.91 Å². The van der Waals surface area contributed by atoms with Gasteiger partial charge < -0.3 is 10.2 Å². The van der Waals surface area contributed by atoms with Gasteiger partial charge in [0.2, 0.25) is 0 Å². The fourth-order valence-electron chi connectivity index (χ4n) is 2.59. The van der Waals surface area contributed by atoms with Crippen LogP contribution in [0.2, 0.25) is 0 Å². The lowest BCUT2D eigenvalue weighted by Crippen LogP contribution is -2.39. The molecule has 1 N–H and O–H groups in total. The lowest BCUT2D eigenvalue weighted by Gasteiger charge is -2.29. The van der Waals surface area contributed by atoms with Crippen molar-refractivity contribution in [3.05, 3.63) is 35.1 Å². The minimum atomic E-state index is -1.55. The van der Waals surface area contributed by atoms with E-state index in [4.69, 9.17) is 0 Å². The molecule has 0 unspecified atom stereocenters. The largest absolute Gasteiger partial charge is 0.339 e. The molecule has 2 rings (SSSR count). The molecule has 1 fully saturated rings. The Kier molecular flexibility index (Phi) is 5.22. The minimum absolute atomic E-state index is 0.151. The highest BCUT2D eigenvalue weighted by Gasteiger charge is 2.22. The third-order valence-electron chi connectivity index (χ3n) is 3.84. The van der Waals surface area contributed by atoms with E-state index in [1.807, 2.05) is 6.92 Å². The van der Waals surface area contributed by atoms with E-state index in [1.165, 1.54) is 0 Å². The summed E-state index contributed by atoms with van der Waals surface area (Å²) in [4.78, 5) is 13.9. The van der Waals surface area contributed by atoms with Crippen molar-refractivity contribution < 1.29 is 18.0 Å². The zero-order valence-corrected chi connectivity index (χ0v) is 12.0. The molecule has 0 saturated carbocycles. The molecule has 0 aliphatic carbocycles. The lowest BCUT2D eigenvalue weighted by atomic mass is 9.97. The molecule has 3 nitrogen and oxygen atoms in total. The van der Waals surface area contributed by atoms with Gasteiger partial charge in [-0.3, -0.25) is 4.79 Å². The summed E-state index contributed by atoms with van der Waals surface area (Å²) in [5, 5.41) is 3.24. The molecule has 1 aromatic carbocycles. The number of hydrogen-bond donors (Lipinski definition) is 1. The van der Waals surface area contributed by atoms with E-state index in [0.29, 0.717) is 19.0 Å². The van der Waals surface area contributed by atoms with Gasteiger partial charge in [0, 0.05) is 18.7 Å². The van der Waals surface area contributed by atoms with Gasteiger partial charge in [-0.1, -0.05) is 0 Å². The molecule has 1 aromatic rings. The van der Waals surface area contributed by atoms with Crippen LogP contribution in [-0.4, -0.2) is 37.0 Å². The van der Waals surface area contributed by atoms with Gasteiger partial charge in [-0.2, -0.15) is 0 Å². The van der Waals surface area contributed by atoms with Crippen molar-refractivity contribution in [3.8, 4) is 0 Å². The highest BCUT2D eigenvalue weighted by molar-refractivity contribution is 5.94. The van der Waals surface area contributed by atoms with Gasteiger partial charge in [-0.15, -0.1) is 0 Å². The number of amides is 1. The van der Waals surface area contributed by atoms with E-state index < -0.39 is 23.4 Å². The molecule has 1 heterocycles. The second-order valence-electron chi connectivity index (χ2n) is 5.29. The monoisotopic (exact) mass is 300 g/mol. The maximum Gasteiger partial charge on any atom is 0.254 e. The average Bonchev–Trinajstić information content (AvgIpc) is 2.50. The summed E-state index contributed by atoms with van der Waals surface area (Å²) < 4.78 is 39.4. The first-order chi connectivity index (χ1) is 10.0. The van der Waals surface area contributed by atoms with Crippen LogP contribution in [0.25, 0.3) is 0 Å². The summed E-state index contributed by atoms with van der Waals surface area (Å²) in [6.45, 7) is 4.64. The quantitative estimate of drug-likeness (QED) is 0.867. The Bertz CT molecular complexity index is 493. The van der Waals surface area contributed by atoms with Crippen LogP contribution in [0.5, 0.6) is 0 Å². The smallest absolute Gasteiger partial charge is 0.254 e. The first kappa shape index (κ1) is 15.8. The summed E-state index contributed by atoms with van der Waals surface area (Å²) >= 11 is 0. The molecule has 0 atom stereocenters. The molecule has 1 amide bonds. The summed E-state index contributed by atoms with van der Waals surface area (Å²) in [5.74, 6) is -4.31. The number of halogens is 3. The van der Waals surface area contributed by atoms with E-state index in [0.717, 1.165) is 38.1 Å². The van der Waals surface area contributed by atoms with Crippen LogP contribution >= 0.6 is 0 Å². The molecule has 6 heteroatoms. The van der Waals surface area contributed by atoms with Crippen molar-refractivity contribution in [2.45, 2.75) is 19.8 Å². The Balaban J connectivity index is 2.12. The van der Waals surface area contributed by atoms with E-state index in [1.54, 1.807) is 4.90 Å². The molecule has 1 aliphatic heterocycles. The molecular formula is C15H19F3N2O. The normalized spacial score (nSPS) is 16.0. The van der Waals surface area contributed by atoms with Crippen LogP contribution in [0.15, 0.2) is 12.1 Å². The van der Waals surface area contributed by atoms with E-state index >= 15 is 0 Å². The van der Waals surface area contributed by atoms with Crippen LogP contribution in [0.3, 0.4) is 0 Å². The Morgan fingerprint density at radius 2 is 1.81 bits per heavy atom. The van der Waals surface area contributed by atoms with Gasteiger partial charge in [0.25, 0.3) is 5.91 Å². The fraction of sp³-hybridized carbons (Fsp3) is 0.533. The third-order valence-corrected chi connectivity index (χ3v) is 3.84. The summed E-state index contributed by atoms with van der Waals surface area (Å²) in [6.07, 6.45) is 1.94. The predicted molar refractivity (Wildman–Crippen MR) is 73.5 cm³/mol. The summed E-state index contributed by atoms with van der Waals surface area (Å²) in [5.41, 5.74) is -0.151. The van der Waals surface area contributed by atoms with E-state index in [-0.39, 0.29) is 5.56 Å². The number of nitrogens with zero attached hydrogens (tertiary/aromatic N) is 1. The zero-order chi connectivity index (χ0) is 15.4. The van der Waals surface area contributed by atoms with E-state index in [9.17, 15) is 18.0 Å². The number of benzene rings is 1. The highest BCUT2D eigenvalue weighted by atomic mass is 19.2. The average molecular weight is 300 g/mol. The van der Waals surface area contributed by atoms with Gasteiger partial charge in [-0.05, 0) is 50.9 Å². The molecule has 0 bridgehead atoms. The topological polar surface area (TPSA) is 32.3 Å². The minimum Gasteiger partial charge on any atom is -0.339 e. The maximum absolute atomic E-state index is 13.2. The van der Waals surface area contributed by atoms with Crippen molar-refractivity contribution in [3.63, 3.8) is 0 Å². The zero-order valence-electron chi connectivity index (χ0n) is 12.0. The van der Waals surface area contributed by atoms with Crippen molar-refractivity contribution in [1.82, 2.24) is 10.2 Å². The number of carbonyl (C=O) groups excluding carboxylic acids is 1. The van der Waals surface area contributed by atoms with Gasteiger partial charge in [0.05, 0.1) is 0 Å². The molecule has 0 aromatic heterocycles. The summed E-state index contributed by atoms with van der Waals surface area (Å²) in [7, 11) is 0. The van der Waals surface area contributed by atoms with Gasteiger partial charge in [-0.25, -0.2) is 13.2 Å². The Hall–Kier alpha value is -1.56. The SMILES string of the molecule is CCN(CC1CCNCC1)C(=O)c1cc(F)c(F)c(F)c1.